The van der Waals surface area contributed by atoms with E-state index in [0.717, 1.165) is 9.98 Å². The number of nitrogens with zero attached hydrogens (tertiary/aromatic N) is 5. The molecule has 16 nitrogen and oxygen atoms in total. The molecule has 2 amide bonds. The van der Waals surface area contributed by atoms with Crippen molar-refractivity contribution in [2.75, 3.05) is 145 Å². The molecule has 0 aliphatic carbocycles. The van der Waals surface area contributed by atoms with Gasteiger partial charge in [-0.2, -0.15) is 11.8 Å². The number of rotatable bonds is 2. The van der Waals surface area contributed by atoms with Crippen LogP contribution in [0.2, 0.25) is 0 Å². The standard InChI is InChI=1S/2C4H9NO.2C4H9NS.C3H9N.2C3H6O2.C3H6O.C2H6O2S.C2H6OS.C2H6O.C2H6S.12CH4/c4*1-4(6)5(2)3;1-4(2)3;2*1-3(4)5-2;1-3(2)4;1-4-5(2)3;1-3-4-2;2*1-3-2;;;;;;;;;;;;/h4*1-3H3;1-3H3;2*1-2H3;1-2H3;1-2H3;1-2H3;2*1-2H3;12*1H4. The average molecular weight is 1120 g/mol. The van der Waals surface area contributed by atoms with Crippen molar-refractivity contribution in [2.45, 2.75) is 145 Å². The molecule has 1 unspecified atom stereocenters. The predicted molar refractivity (Wildman–Crippen MR) is 339 cm³/mol. The molecule has 0 aliphatic rings. The second-order valence-electron chi connectivity index (χ2n) is 11.0. The van der Waals surface area contributed by atoms with Gasteiger partial charge in [0.2, 0.25) is 11.8 Å². The van der Waals surface area contributed by atoms with Crippen molar-refractivity contribution in [1.29, 1.82) is 0 Å². The number of carbonyl (C=O) groups is 5. The number of ether oxygens (including phenoxy) is 3. The highest BCUT2D eigenvalue weighted by atomic mass is 32.2. The van der Waals surface area contributed by atoms with Gasteiger partial charge in [-0.15, -0.1) is 0 Å². The first-order valence-electron chi connectivity index (χ1n) is 16.2. The van der Waals surface area contributed by atoms with E-state index < -0.39 is 11.1 Å². The third-order valence-electron chi connectivity index (χ3n) is 3.50. The number of hydrogen-bond donors (Lipinski definition) is 0. The molecule has 1 atom stereocenters. The lowest BCUT2D eigenvalue weighted by molar-refractivity contribution is -0.138. The molecule has 0 aromatic rings. The number of esters is 2. The van der Waals surface area contributed by atoms with Gasteiger partial charge in [-0.25, -0.2) is 4.21 Å². The topological polar surface area (TPSA) is 165 Å². The van der Waals surface area contributed by atoms with Crippen LogP contribution in [0.5, 0.6) is 0 Å². The quantitative estimate of drug-likeness (QED) is 0.145. The Balaban J connectivity index is -0.0000000144. The van der Waals surface area contributed by atoms with Gasteiger partial charge < -0.3 is 47.7 Å². The Morgan fingerprint density at radius 3 is 0.507 bits per heavy atom. The molecule has 0 radical (unpaired) electrons. The fourth-order valence-corrected chi connectivity index (χ4v) is 0. The zero-order chi connectivity index (χ0) is 49.5. The first-order valence-corrected chi connectivity index (χ1v) is 21.3. The molecule has 69 heavy (non-hydrogen) atoms. The molecule has 0 spiro atoms. The third kappa shape index (κ3) is 612. The van der Waals surface area contributed by atoms with Crippen LogP contribution in [0.1, 0.15) is 145 Å². The fraction of sp³-hybridized carbons (Fsp3) is 0.854. The zero-order valence-corrected chi connectivity index (χ0v) is 45.4. The Bertz CT molecular complexity index is 792. The second-order valence-corrected chi connectivity index (χ2v) is 14.8. The van der Waals surface area contributed by atoms with Crippen molar-refractivity contribution in [1.82, 2.24) is 24.5 Å². The molecule has 0 aliphatic heterocycles. The fourth-order valence-electron chi connectivity index (χ4n) is 0. The summed E-state index contributed by atoms with van der Waals surface area (Å²) in [5, 5.41) is 0. The lowest BCUT2D eigenvalue weighted by Gasteiger charge is -2.06. The van der Waals surface area contributed by atoms with Crippen LogP contribution in [-0.2, 0) is 57.6 Å². The lowest BCUT2D eigenvalue weighted by Crippen LogP contribution is -2.17. The Labute approximate surface area is 461 Å². The molecule has 21 heteroatoms. The van der Waals surface area contributed by atoms with Crippen molar-refractivity contribution in [2.24, 2.45) is 0 Å². The van der Waals surface area contributed by atoms with E-state index in [-0.39, 0.29) is 119 Å². The maximum absolute atomic E-state index is 10.1. The van der Waals surface area contributed by atoms with E-state index >= 15 is 0 Å². The minimum Gasteiger partial charge on any atom is -0.469 e. The third-order valence-corrected chi connectivity index (χ3v) is 5.03. The highest BCUT2D eigenvalue weighted by molar-refractivity contribution is 7.97. The largest absolute Gasteiger partial charge is 0.469 e. The normalized spacial score (nSPS) is 6.64. The molecule has 0 heterocycles. The van der Waals surface area contributed by atoms with Gasteiger partial charge in [-0.3, -0.25) is 23.4 Å². The van der Waals surface area contributed by atoms with Gasteiger partial charge in [0.05, 0.1) is 38.4 Å². The summed E-state index contributed by atoms with van der Waals surface area (Å²) < 4.78 is 30.9. The SMILES string of the molecule is C.C.C.C.C.C.C.C.C.C.C.C.CC(=O)N(C)C.CC(=O)N(C)C.CC(=S)N(C)C.CC(=S)N(C)C.CC(C)=O.CN(C)C.COC.COC(C)=O.COC(C)=O.COS(C)=O.COSC.CSC. The molecule has 0 aromatic heterocycles. The number of hydrogen-bond acceptors (Lipinski definition) is 16. The molecular weight excluding hydrogens is 983 g/mol. The van der Waals surface area contributed by atoms with Gasteiger partial charge >= 0.3 is 11.9 Å². The summed E-state index contributed by atoms with van der Waals surface area (Å²) in [6.07, 6.45) is 7.43. The molecule has 0 bridgehead atoms. The van der Waals surface area contributed by atoms with Crippen LogP contribution in [0.25, 0.3) is 0 Å². The van der Waals surface area contributed by atoms with Crippen molar-refractivity contribution >= 4 is 98.8 Å². The van der Waals surface area contributed by atoms with Gasteiger partial charge in [-0.05, 0) is 73.4 Å². The number of carbonyl (C=O) groups excluding carboxylic acids is 5. The number of Topliss-reactive ketones (excluding diaryl/α,β-unsaturated/α-hetero) is 1. The van der Waals surface area contributed by atoms with E-state index in [0.29, 0.717) is 0 Å². The molecule has 448 valence electrons. The molecule has 0 saturated heterocycles. The number of methoxy groups -OCH3 is 3. The maximum Gasteiger partial charge on any atom is 0.302 e. The minimum atomic E-state index is -1.07. The van der Waals surface area contributed by atoms with Crippen LogP contribution in [0, 0.1) is 0 Å². The van der Waals surface area contributed by atoms with Gasteiger partial charge in [-0.1, -0.05) is 114 Å². The second kappa shape index (κ2) is 144. The summed E-state index contributed by atoms with van der Waals surface area (Å²) in [7, 11) is 29.6. The van der Waals surface area contributed by atoms with Gasteiger partial charge in [0.1, 0.15) is 5.78 Å². The van der Waals surface area contributed by atoms with Gasteiger partial charge in [0.25, 0.3) is 0 Å². The molecular formula is C48H135N5O11S5. The predicted octanol–water partition coefficient (Wildman–Crippen LogP) is 12.8. The van der Waals surface area contributed by atoms with Crippen molar-refractivity contribution in [3.8, 4) is 0 Å². The Morgan fingerprint density at radius 1 is 0.435 bits per heavy atom. The van der Waals surface area contributed by atoms with Crippen LogP contribution >= 0.6 is 48.2 Å². The Hall–Kier alpha value is -1.98. The lowest BCUT2D eigenvalue weighted by atomic mass is 10.6. The van der Waals surface area contributed by atoms with Crippen molar-refractivity contribution < 1.29 is 50.8 Å². The first-order chi connectivity index (χ1) is 25.6. The van der Waals surface area contributed by atoms with E-state index in [9.17, 15) is 28.2 Å². The summed E-state index contributed by atoms with van der Waals surface area (Å²) in [4.78, 5) is 59.5. The number of ketones is 1. The van der Waals surface area contributed by atoms with E-state index in [4.69, 9.17) is 24.4 Å². The highest BCUT2D eigenvalue weighted by Crippen LogP contribution is 1.84. The average Bonchev–Trinajstić information content (AvgIpc) is 3.06. The molecule has 0 aromatic carbocycles. The highest BCUT2D eigenvalue weighted by Gasteiger charge is 1.88. The van der Waals surface area contributed by atoms with Crippen LogP contribution in [0.15, 0.2) is 0 Å². The first kappa shape index (κ1) is 158. The van der Waals surface area contributed by atoms with Gasteiger partial charge in [0.15, 0.2) is 11.1 Å². The number of thiocarbonyl (C=S) groups is 2. The molecule has 0 N–H and O–H groups in total. The Morgan fingerprint density at radius 2 is 0.507 bits per heavy atom. The summed E-state index contributed by atoms with van der Waals surface area (Å²) in [5.41, 5.74) is 0. The van der Waals surface area contributed by atoms with Crippen LogP contribution in [0.3, 0.4) is 0 Å². The van der Waals surface area contributed by atoms with Crippen molar-refractivity contribution in [3.05, 3.63) is 0 Å². The molecule has 0 rings (SSSR count). The molecule has 0 fully saturated rings. The molecule has 0 saturated carbocycles. The van der Waals surface area contributed by atoms with Crippen LogP contribution in [-0.4, -0.2) is 213 Å². The van der Waals surface area contributed by atoms with E-state index in [1.54, 1.807) is 61.3 Å². The van der Waals surface area contributed by atoms with Crippen LogP contribution < -0.4 is 0 Å². The van der Waals surface area contributed by atoms with Crippen LogP contribution in [0.4, 0.5) is 0 Å². The Kier molecular flexibility index (Phi) is 329. The monoisotopic (exact) mass is 1120 g/mol. The van der Waals surface area contributed by atoms with Crippen molar-refractivity contribution in [3.63, 3.8) is 0 Å². The summed E-state index contributed by atoms with van der Waals surface area (Å²) in [6, 6.07) is 0. The number of thioether (sulfide) groups is 1. The van der Waals surface area contributed by atoms with E-state index in [1.807, 2.05) is 96.6 Å². The number of amides is 2. The summed E-state index contributed by atoms with van der Waals surface area (Å²) in [6.45, 7) is 12.6. The van der Waals surface area contributed by atoms with E-state index in [1.165, 1.54) is 91.0 Å². The van der Waals surface area contributed by atoms with Gasteiger partial charge in [0, 0.05) is 111 Å². The zero-order valence-electron chi connectivity index (χ0n) is 41.3. The summed E-state index contributed by atoms with van der Waals surface area (Å²) in [5.74, 6) is -0.139. The van der Waals surface area contributed by atoms with E-state index in [2.05, 4.69) is 22.6 Å². The minimum absolute atomic E-state index is 0. The smallest absolute Gasteiger partial charge is 0.302 e. The summed E-state index contributed by atoms with van der Waals surface area (Å²) >= 11 is 11.5. The maximum atomic E-state index is 10.1.